The highest BCUT2D eigenvalue weighted by Crippen LogP contribution is 2.41. The number of aryl methyl sites for hydroxylation is 1. The van der Waals surface area contributed by atoms with Gasteiger partial charge in [-0.25, -0.2) is 8.42 Å². The van der Waals surface area contributed by atoms with Crippen LogP contribution in [-0.2, 0) is 9.84 Å². The Morgan fingerprint density at radius 1 is 1.33 bits per heavy atom. The number of sulfone groups is 1. The van der Waals surface area contributed by atoms with E-state index in [0.29, 0.717) is 0 Å². The molecule has 2 saturated heterocycles. The van der Waals surface area contributed by atoms with Gasteiger partial charge in [-0.2, -0.15) is 0 Å². The number of thioether (sulfide) groups is 1. The van der Waals surface area contributed by atoms with Gasteiger partial charge in [0.05, 0.1) is 17.5 Å². The van der Waals surface area contributed by atoms with Gasteiger partial charge in [0.1, 0.15) is 4.32 Å². The van der Waals surface area contributed by atoms with E-state index in [9.17, 15) is 8.42 Å². The third-order valence-electron chi connectivity index (χ3n) is 3.43. The van der Waals surface area contributed by atoms with Crippen LogP contribution in [0, 0.1) is 6.92 Å². The predicted molar refractivity (Wildman–Crippen MR) is 80.1 cm³/mol. The number of anilines is 1. The first-order valence-corrected chi connectivity index (χ1v) is 8.85. The largest absolute Gasteiger partial charge is 0.322 e. The lowest BCUT2D eigenvalue weighted by Gasteiger charge is -2.25. The van der Waals surface area contributed by atoms with Crippen molar-refractivity contribution >= 4 is 43.8 Å². The van der Waals surface area contributed by atoms with Crippen LogP contribution in [0.3, 0.4) is 0 Å². The Labute approximate surface area is 116 Å². The van der Waals surface area contributed by atoms with Crippen molar-refractivity contribution in [2.45, 2.75) is 18.2 Å². The zero-order valence-electron chi connectivity index (χ0n) is 9.87. The lowest BCUT2D eigenvalue weighted by molar-refractivity contribution is 0.601. The molecule has 1 aromatic carbocycles. The molecule has 0 N–H and O–H groups in total. The smallest absolute Gasteiger partial charge is 0.153 e. The van der Waals surface area contributed by atoms with Crippen molar-refractivity contribution in [1.82, 2.24) is 0 Å². The summed E-state index contributed by atoms with van der Waals surface area (Å²) in [6.45, 7) is 2.03. The molecule has 2 unspecified atom stereocenters. The van der Waals surface area contributed by atoms with Gasteiger partial charge in [0.25, 0.3) is 0 Å². The standard InChI is InChI=1S/C12H13NO2S3/c1-8-4-2-3-5-9(8)13-10-6-18(14,15)7-11(10)17-12(13)16/h2-5,10-11H,6-7H2,1H3. The van der Waals surface area contributed by atoms with Gasteiger partial charge in [-0.05, 0) is 18.6 Å². The van der Waals surface area contributed by atoms with Crippen LogP contribution in [0.15, 0.2) is 24.3 Å². The molecular weight excluding hydrogens is 286 g/mol. The van der Waals surface area contributed by atoms with E-state index in [2.05, 4.69) is 0 Å². The van der Waals surface area contributed by atoms with Crippen LogP contribution in [0.2, 0.25) is 0 Å². The van der Waals surface area contributed by atoms with Gasteiger partial charge in [-0.3, -0.25) is 0 Å². The summed E-state index contributed by atoms with van der Waals surface area (Å²) in [5.74, 6) is 0.476. The molecule has 0 aromatic heterocycles. The first-order valence-electron chi connectivity index (χ1n) is 5.74. The summed E-state index contributed by atoms with van der Waals surface area (Å²) in [7, 11) is -2.90. The van der Waals surface area contributed by atoms with Gasteiger partial charge in [-0.15, -0.1) is 0 Å². The maximum Gasteiger partial charge on any atom is 0.153 e. The van der Waals surface area contributed by atoms with Gasteiger partial charge in [0.15, 0.2) is 9.84 Å². The highest BCUT2D eigenvalue weighted by atomic mass is 32.2. The Kier molecular flexibility index (Phi) is 2.91. The summed E-state index contributed by atoms with van der Waals surface area (Å²) in [6, 6.07) is 7.99. The number of rotatable bonds is 1. The van der Waals surface area contributed by atoms with Gasteiger partial charge < -0.3 is 4.90 Å². The predicted octanol–water partition coefficient (Wildman–Crippen LogP) is 2.00. The quantitative estimate of drug-likeness (QED) is 0.742. The maximum atomic E-state index is 11.7. The minimum Gasteiger partial charge on any atom is -0.322 e. The van der Waals surface area contributed by atoms with Crippen LogP contribution < -0.4 is 4.90 Å². The third-order valence-corrected chi connectivity index (χ3v) is 7.02. The summed E-state index contributed by atoms with van der Waals surface area (Å²) in [4.78, 5) is 2.03. The fourth-order valence-corrected chi connectivity index (χ4v) is 6.94. The Hall–Kier alpha value is -0.590. The van der Waals surface area contributed by atoms with Gasteiger partial charge in [0, 0.05) is 10.9 Å². The van der Waals surface area contributed by atoms with Crippen molar-refractivity contribution in [2.75, 3.05) is 16.4 Å². The lowest BCUT2D eigenvalue weighted by Crippen LogP contribution is -2.37. The molecule has 3 rings (SSSR count). The van der Waals surface area contributed by atoms with E-state index in [1.165, 1.54) is 11.8 Å². The minimum absolute atomic E-state index is 0.00796. The second kappa shape index (κ2) is 4.21. The molecule has 18 heavy (non-hydrogen) atoms. The summed E-state index contributed by atoms with van der Waals surface area (Å²) in [5, 5.41) is 0.0992. The first-order chi connectivity index (χ1) is 8.48. The Morgan fingerprint density at radius 3 is 2.78 bits per heavy atom. The molecule has 0 bridgehead atoms. The molecule has 6 heteroatoms. The molecule has 1 aromatic rings. The van der Waals surface area contributed by atoms with Gasteiger partial charge in [-0.1, -0.05) is 42.2 Å². The lowest BCUT2D eigenvalue weighted by atomic mass is 10.1. The highest BCUT2D eigenvalue weighted by molar-refractivity contribution is 8.24. The molecule has 2 aliphatic rings. The second-order valence-electron chi connectivity index (χ2n) is 4.72. The van der Waals surface area contributed by atoms with E-state index in [1.54, 1.807) is 0 Å². The van der Waals surface area contributed by atoms with E-state index < -0.39 is 9.84 Å². The summed E-state index contributed by atoms with van der Waals surface area (Å²) in [5.41, 5.74) is 2.17. The van der Waals surface area contributed by atoms with E-state index in [4.69, 9.17) is 12.2 Å². The van der Waals surface area contributed by atoms with E-state index in [0.717, 1.165) is 15.6 Å². The molecule has 96 valence electrons. The topological polar surface area (TPSA) is 37.4 Å². The number of para-hydroxylation sites is 1. The van der Waals surface area contributed by atoms with Crippen LogP contribution >= 0.6 is 24.0 Å². The maximum absolute atomic E-state index is 11.7. The molecule has 0 spiro atoms. The molecule has 2 atom stereocenters. The van der Waals surface area contributed by atoms with E-state index in [-0.39, 0.29) is 22.8 Å². The average Bonchev–Trinajstić information content (AvgIpc) is 2.70. The zero-order valence-corrected chi connectivity index (χ0v) is 12.3. The molecule has 2 aliphatic heterocycles. The molecule has 2 heterocycles. The fourth-order valence-electron chi connectivity index (χ4n) is 2.58. The fraction of sp³-hybridized carbons (Fsp3) is 0.417. The monoisotopic (exact) mass is 299 g/mol. The molecular formula is C12H13NO2S3. The van der Waals surface area contributed by atoms with Crippen molar-refractivity contribution in [3.05, 3.63) is 29.8 Å². The third kappa shape index (κ3) is 1.96. The Balaban J connectivity index is 2.02. The van der Waals surface area contributed by atoms with E-state index in [1.807, 2.05) is 36.1 Å². The van der Waals surface area contributed by atoms with Crippen LogP contribution in [0.4, 0.5) is 5.69 Å². The normalized spacial score (nSPS) is 29.6. The number of hydrogen-bond donors (Lipinski definition) is 0. The molecule has 0 aliphatic carbocycles. The Morgan fingerprint density at radius 2 is 2.06 bits per heavy atom. The highest BCUT2D eigenvalue weighted by Gasteiger charge is 2.48. The Bertz CT molecular complexity index is 612. The van der Waals surface area contributed by atoms with Crippen molar-refractivity contribution in [2.24, 2.45) is 0 Å². The number of fused-ring (bicyclic) bond motifs is 1. The van der Waals surface area contributed by atoms with Crippen LogP contribution in [-0.4, -0.2) is 35.5 Å². The minimum atomic E-state index is -2.90. The number of nitrogens with zero attached hydrogens (tertiary/aromatic N) is 1. The number of thiocarbonyl (C=S) groups is 1. The molecule has 0 radical (unpaired) electrons. The van der Waals surface area contributed by atoms with Crippen molar-refractivity contribution < 1.29 is 8.42 Å². The van der Waals surface area contributed by atoms with Gasteiger partial charge >= 0.3 is 0 Å². The summed E-state index contributed by atoms with van der Waals surface area (Å²) >= 11 is 6.93. The summed E-state index contributed by atoms with van der Waals surface area (Å²) < 4.78 is 24.3. The van der Waals surface area contributed by atoms with Crippen LogP contribution in [0.25, 0.3) is 0 Å². The second-order valence-corrected chi connectivity index (χ2v) is 8.75. The molecule has 3 nitrogen and oxygen atoms in total. The zero-order chi connectivity index (χ0) is 12.9. The number of benzene rings is 1. The first kappa shape index (κ1) is 12.4. The average molecular weight is 299 g/mol. The molecule has 0 amide bonds. The van der Waals surface area contributed by atoms with Crippen molar-refractivity contribution in [3.63, 3.8) is 0 Å². The van der Waals surface area contributed by atoms with Crippen LogP contribution in [0.5, 0.6) is 0 Å². The summed E-state index contributed by atoms with van der Waals surface area (Å²) in [6.07, 6.45) is 0. The van der Waals surface area contributed by atoms with Crippen LogP contribution in [0.1, 0.15) is 5.56 Å². The number of hydrogen-bond acceptors (Lipinski definition) is 4. The van der Waals surface area contributed by atoms with Crippen molar-refractivity contribution in [3.8, 4) is 0 Å². The van der Waals surface area contributed by atoms with E-state index >= 15 is 0 Å². The molecule has 2 fully saturated rings. The van der Waals surface area contributed by atoms with Gasteiger partial charge in [0.2, 0.25) is 0 Å². The van der Waals surface area contributed by atoms with Crippen molar-refractivity contribution in [1.29, 1.82) is 0 Å². The SMILES string of the molecule is Cc1ccccc1N1C(=S)SC2CS(=O)(=O)CC21. The molecule has 0 saturated carbocycles.